The Morgan fingerprint density at radius 1 is 1.31 bits per heavy atom. The molecular formula is C9H12F2NO+. The molecule has 2 N–H and O–H groups in total. The van der Waals surface area contributed by atoms with Crippen molar-refractivity contribution in [2.24, 2.45) is 0 Å². The number of hydrogen-bond acceptors (Lipinski definition) is 1. The van der Waals surface area contributed by atoms with Gasteiger partial charge in [0.2, 0.25) is 0 Å². The first-order valence-corrected chi connectivity index (χ1v) is 4.04. The molecule has 0 spiro atoms. The molecule has 13 heavy (non-hydrogen) atoms. The van der Waals surface area contributed by atoms with Crippen molar-refractivity contribution in [2.45, 2.75) is 13.2 Å². The standard InChI is InChI=1S/C9H11F2NO/c1-12-6-7-2-4-8(5-3-7)13-9(10)11/h2-5,9,12H,6H2,1H3/p+1. The smallest absolute Gasteiger partial charge is 0.387 e. The molecule has 0 heterocycles. The van der Waals surface area contributed by atoms with Gasteiger partial charge in [-0.15, -0.1) is 0 Å². The summed E-state index contributed by atoms with van der Waals surface area (Å²) in [6.45, 7) is -1.90. The van der Waals surface area contributed by atoms with Crippen molar-refractivity contribution in [1.29, 1.82) is 0 Å². The number of hydrogen-bond donors (Lipinski definition) is 1. The predicted molar refractivity (Wildman–Crippen MR) is 44.6 cm³/mol. The van der Waals surface area contributed by atoms with Crippen molar-refractivity contribution in [2.75, 3.05) is 7.05 Å². The summed E-state index contributed by atoms with van der Waals surface area (Å²) in [5, 5.41) is 2.00. The van der Waals surface area contributed by atoms with Gasteiger partial charge >= 0.3 is 6.61 Å². The van der Waals surface area contributed by atoms with Gasteiger partial charge < -0.3 is 10.1 Å². The summed E-state index contributed by atoms with van der Waals surface area (Å²) in [5.74, 6) is 0.204. The third-order valence-electron chi connectivity index (χ3n) is 1.59. The molecule has 0 aliphatic carbocycles. The van der Waals surface area contributed by atoms with Crippen LogP contribution in [0, 0.1) is 0 Å². The molecule has 0 unspecified atom stereocenters. The van der Waals surface area contributed by atoms with Crippen LogP contribution in [0.15, 0.2) is 24.3 Å². The zero-order valence-electron chi connectivity index (χ0n) is 7.34. The number of alkyl halides is 2. The van der Waals surface area contributed by atoms with Crippen LogP contribution in [0.1, 0.15) is 5.56 Å². The molecule has 4 heteroatoms. The molecule has 2 nitrogen and oxygen atoms in total. The Hall–Kier alpha value is -1.16. The lowest BCUT2D eigenvalue weighted by Crippen LogP contribution is -2.77. The Bertz CT molecular complexity index is 248. The van der Waals surface area contributed by atoms with Gasteiger partial charge in [0, 0.05) is 5.56 Å². The van der Waals surface area contributed by atoms with E-state index in [2.05, 4.69) is 4.74 Å². The average Bonchev–Trinajstić information content (AvgIpc) is 2.08. The third kappa shape index (κ3) is 3.38. The van der Waals surface area contributed by atoms with Crippen molar-refractivity contribution in [3.63, 3.8) is 0 Å². The summed E-state index contributed by atoms with van der Waals surface area (Å²) in [6.07, 6.45) is 0. The molecule has 0 aliphatic heterocycles. The minimum Gasteiger partial charge on any atom is -0.435 e. The lowest BCUT2D eigenvalue weighted by molar-refractivity contribution is -0.643. The molecule has 0 atom stereocenters. The summed E-state index contributed by atoms with van der Waals surface area (Å²) in [5.41, 5.74) is 1.09. The van der Waals surface area contributed by atoms with E-state index in [1.54, 1.807) is 24.3 Å². The van der Waals surface area contributed by atoms with E-state index in [1.165, 1.54) is 0 Å². The molecule has 1 aromatic rings. The normalized spacial score (nSPS) is 10.5. The van der Waals surface area contributed by atoms with Gasteiger partial charge in [0.1, 0.15) is 12.3 Å². The molecule has 0 bridgehead atoms. The van der Waals surface area contributed by atoms with Crippen molar-refractivity contribution >= 4 is 0 Å². The number of quaternary nitrogens is 1. The van der Waals surface area contributed by atoms with E-state index in [0.717, 1.165) is 12.1 Å². The highest BCUT2D eigenvalue weighted by atomic mass is 19.3. The highest BCUT2D eigenvalue weighted by molar-refractivity contribution is 5.26. The Labute approximate surface area is 75.5 Å². The van der Waals surface area contributed by atoms with Crippen molar-refractivity contribution in [1.82, 2.24) is 0 Å². The number of nitrogens with two attached hydrogens (primary N) is 1. The maximum atomic E-state index is 11.7. The van der Waals surface area contributed by atoms with Gasteiger partial charge in [-0.25, -0.2) is 0 Å². The first-order chi connectivity index (χ1) is 6.22. The number of ether oxygens (including phenoxy) is 1. The van der Waals surface area contributed by atoms with Crippen LogP contribution in [0.3, 0.4) is 0 Å². The molecule has 0 fully saturated rings. The van der Waals surface area contributed by atoms with Gasteiger partial charge in [-0.2, -0.15) is 8.78 Å². The van der Waals surface area contributed by atoms with E-state index in [-0.39, 0.29) is 5.75 Å². The third-order valence-corrected chi connectivity index (χ3v) is 1.59. The van der Waals surface area contributed by atoms with E-state index in [0.29, 0.717) is 0 Å². The first-order valence-electron chi connectivity index (χ1n) is 4.04. The molecule has 0 aliphatic rings. The fourth-order valence-electron chi connectivity index (χ4n) is 1.04. The Morgan fingerprint density at radius 3 is 2.38 bits per heavy atom. The molecule has 1 aromatic carbocycles. The SMILES string of the molecule is C[NH2+]Cc1ccc(OC(F)F)cc1. The van der Waals surface area contributed by atoms with Crippen LogP contribution in [-0.2, 0) is 6.54 Å². The van der Waals surface area contributed by atoms with Gasteiger partial charge in [0.15, 0.2) is 0 Å². The minimum atomic E-state index is -2.75. The summed E-state index contributed by atoms with van der Waals surface area (Å²) < 4.78 is 27.7. The van der Waals surface area contributed by atoms with Crippen LogP contribution in [0.5, 0.6) is 5.75 Å². The highest BCUT2D eigenvalue weighted by Gasteiger charge is 2.03. The molecule has 72 valence electrons. The van der Waals surface area contributed by atoms with Crippen molar-refractivity contribution in [3.05, 3.63) is 29.8 Å². The minimum absolute atomic E-state index is 0.204. The lowest BCUT2D eigenvalue weighted by atomic mass is 10.2. The van der Waals surface area contributed by atoms with Gasteiger partial charge in [-0.1, -0.05) is 0 Å². The molecule has 1 rings (SSSR count). The molecule has 0 saturated heterocycles. The largest absolute Gasteiger partial charge is 0.435 e. The zero-order chi connectivity index (χ0) is 9.68. The number of halogens is 2. The second-order valence-corrected chi connectivity index (χ2v) is 2.63. The van der Waals surface area contributed by atoms with Crippen LogP contribution < -0.4 is 10.1 Å². The zero-order valence-corrected chi connectivity index (χ0v) is 7.34. The Balaban J connectivity index is 2.59. The quantitative estimate of drug-likeness (QED) is 0.748. The highest BCUT2D eigenvalue weighted by Crippen LogP contribution is 2.14. The topological polar surface area (TPSA) is 25.8 Å². The van der Waals surface area contributed by atoms with Crippen LogP contribution in [-0.4, -0.2) is 13.7 Å². The average molecular weight is 188 g/mol. The number of benzene rings is 1. The molecule has 0 aromatic heterocycles. The second kappa shape index (κ2) is 4.77. The molecule has 0 saturated carbocycles. The second-order valence-electron chi connectivity index (χ2n) is 2.63. The fraction of sp³-hybridized carbons (Fsp3) is 0.333. The molecule has 0 radical (unpaired) electrons. The first kappa shape index (κ1) is 9.92. The summed E-state index contributed by atoms with van der Waals surface area (Å²) >= 11 is 0. The fourth-order valence-corrected chi connectivity index (χ4v) is 1.04. The maximum absolute atomic E-state index is 11.7. The van der Waals surface area contributed by atoms with Crippen molar-refractivity contribution in [3.8, 4) is 5.75 Å². The van der Waals surface area contributed by atoms with E-state index in [4.69, 9.17) is 0 Å². The van der Waals surface area contributed by atoms with Crippen LogP contribution in [0.25, 0.3) is 0 Å². The summed E-state index contributed by atoms with van der Waals surface area (Å²) in [6, 6.07) is 6.64. The maximum Gasteiger partial charge on any atom is 0.387 e. The van der Waals surface area contributed by atoms with E-state index in [1.807, 2.05) is 12.4 Å². The Kier molecular flexibility index (Phi) is 3.64. The van der Waals surface area contributed by atoms with Gasteiger partial charge in [-0.05, 0) is 24.3 Å². The van der Waals surface area contributed by atoms with Gasteiger partial charge in [0.05, 0.1) is 7.05 Å². The Morgan fingerprint density at radius 2 is 1.92 bits per heavy atom. The van der Waals surface area contributed by atoms with E-state index in [9.17, 15) is 8.78 Å². The predicted octanol–water partition coefficient (Wildman–Crippen LogP) is 0.981. The molecule has 0 amide bonds. The van der Waals surface area contributed by atoms with Crippen LogP contribution in [0.4, 0.5) is 8.78 Å². The molecular weight excluding hydrogens is 176 g/mol. The van der Waals surface area contributed by atoms with Crippen LogP contribution in [0.2, 0.25) is 0 Å². The van der Waals surface area contributed by atoms with Gasteiger partial charge in [-0.3, -0.25) is 0 Å². The van der Waals surface area contributed by atoms with Crippen LogP contribution >= 0.6 is 0 Å². The van der Waals surface area contributed by atoms with Gasteiger partial charge in [0.25, 0.3) is 0 Å². The van der Waals surface area contributed by atoms with E-state index < -0.39 is 6.61 Å². The summed E-state index contributed by atoms with van der Waals surface area (Å²) in [4.78, 5) is 0. The lowest BCUT2D eigenvalue weighted by Gasteiger charge is -2.04. The summed E-state index contributed by atoms with van der Waals surface area (Å²) in [7, 11) is 1.95. The van der Waals surface area contributed by atoms with E-state index >= 15 is 0 Å². The van der Waals surface area contributed by atoms with Crippen molar-refractivity contribution < 1.29 is 18.8 Å². The number of rotatable bonds is 4. The monoisotopic (exact) mass is 188 g/mol.